The molecule has 0 radical (unpaired) electrons. The molecule has 20 heavy (non-hydrogen) atoms. The highest BCUT2D eigenvalue weighted by Crippen LogP contribution is 2.14. The smallest absolute Gasteiger partial charge is 0.287 e. The Balaban J connectivity index is 2.53. The quantitative estimate of drug-likeness (QED) is 0.782. The Bertz CT molecular complexity index is 559. The van der Waals surface area contributed by atoms with E-state index in [4.69, 9.17) is 23.2 Å². The minimum Gasteiger partial charge on any atom is -0.355 e. The Hall–Kier alpha value is -1.60. The molecule has 1 rings (SSSR count). The van der Waals surface area contributed by atoms with Gasteiger partial charge in [0, 0.05) is 6.54 Å². The van der Waals surface area contributed by atoms with Gasteiger partial charge in [0.15, 0.2) is 0 Å². The van der Waals surface area contributed by atoms with Gasteiger partial charge < -0.3 is 10.6 Å². The molecule has 0 atom stereocenters. The Morgan fingerprint density at radius 1 is 1.30 bits per heavy atom. The lowest BCUT2D eigenvalue weighted by atomic mass is 10.4. The summed E-state index contributed by atoms with van der Waals surface area (Å²) in [5, 5.41) is 8.48. The molecule has 0 aliphatic carbocycles. The van der Waals surface area contributed by atoms with Crippen LogP contribution >= 0.6 is 23.2 Å². The molecule has 110 valence electrons. The van der Waals surface area contributed by atoms with Gasteiger partial charge in [0.2, 0.25) is 11.8 Å². The molecule has 0 fully saturated rings. The first-order valence-corrected chi connectivity index (χ1v) is 6.65. The third-order valence-corrected chi connectivity index (χ3v) is 3.00. The van der Waals surface area contributed by atoms with Crippen molar-refractivity contribution >= 4 is 35.0 Å². The number of hydrogen-bond acceptors (Lipinski definition) is 4. The zero-order chi connectivity index (χ0) is 15.1. The van der Waals surface area contributed by atoms with E-state index in [1.807, 2.05) is 6.92 Å². The molecule has 0 spiro atoms. The maximum atomic E-state index is 11.6. The predicted molar refractivity (Wildman–Crippen MR) is 74.8 cm³/mol. The van der Waals surface area contributed by atoms with Crippen LogP contribution in [0.4, 0.5) is 0 Å². The van der Waals surface area contributed by atoms with E-state index < -0.39 is 11.5 Å². The Morgan fingerprint density at radius 3 is 2.65 bits per heavy atom. The van der Waals surface area contributed by atoms with E-state index in [9.17, 15) is 14.4 Å². The van der Waals surface area contributed by atoms with Crippen LogP contribution in [0.2, 0.25) is 10.0 Å². The van der Waals surface area contributed by atoms with Crippen molar-refractivity contribution in [3.63, 3.8) is 0 Å². The number of nitrogens with one attached hydrogen (secondary N) is 2. The van der Waals surface area contributed by atoms with Crippen LogP contribution in [0.3, 0.4) is 0 Å². The molecule has 1 aromatic heterocycles. The van der Waals surface area contributed by atoms with Gasteiger partial charge in [-0.15, -0.1) is 0 Å². The number of hydrogen-bond donors (Lipinski definition) is 2. The molecule has 0 aromatic carbocycles. The molecule has 2 amide bonds. The van der Waals surface area contributed by atoms with E-state index in [0.29, 0.717) is 6.54 Å². The highest BCUT2D eigenvalue weighted by Gasteiger charge is 2.11. The van der Waals surface area contributed by atoms with Gasteiger partial charge in [-0.2, -0.15) is 5.10 Å². The van der Waals surface area contributed by atoms with E-state index in [1.165, 1.54) is 6.20 Å². The maximum Gasteiger partial charge on any atom is 0.287 e. The fourth-order valence-corrected chi connectivity index (χ4v) is 1.53. The van der Waals surface area contributed by atoms with Crippen LogP contribution in [0, 0.1) is 0 Å². The fourth-order valence-electron chi connectivity index (χ4n) is 1.26. The normalized spacial score (nSPS) is 10.2. The highest BCUT2D eigenvalue weighted by atomic mass is 35.5. The number of nitrogens with zero attached hydrogens (tertiary/aromatic N) is 2. The van der Waals surface area contributed by atoms with Crippen molar-refractivity contribution in [3.05, 3.63) is 26.6 Å². The second kappa shape index (κ2) is 7.86. The summed E-state index contributed by atoms with van der Waals surface area (Å²) in [4.78, 5) is 34.5. The summed E-state index contributed by atoms with van der Waals surface area (Å²) in [5.74, 6) is -0.820. The molecular weight excluding hydrogens is 307 g/mol. The van der Waals surface area contributed by atoms with E-state index >= 15 is 0 Å². The van der Waals surface area contributed by atoms with E-state index in [2.05, 4.69) is 15.7 Å². The lowest BCUT2D eigenvalue weighted by molar-refractivity contribution is -0.126. The molecule has 0 bridgehead atoms. The van der Waals surface area contributed by atoms with Gasteiger partial charge in [0.05, 0.1) is 17.8 Å². The molecule has 2 N–H and O–H groups in total. The van der Waals surface area contributed by atoms with Gasteiger partial charge in [-0.1, -0.05) is 30.1 Å². The van der Waals surface area contributed by atoms with Crippen molar-refractivity contribution in [2.24, 2.45) is 0 Å². The molecule has 9 heteroatoms. The molecule has 7 nitrogen and oxygen atoms in total. The van der Waals surface area contributed by atoms with Gasteiger partial charge in [0.25, 0.3) is 5.56 Å². The average molecular weight is 321 g/mol. The second-order valence-electron chi connectivity index (χ2n) is 3.90. The predicted octanol–water partition coefficient (Wildman–Crippen LogP) is 0.192. The number of carbonyl (C=O) groups excluding carboxylic acids is 2. The lowest BCUT2D eigenvalue weighted by Gasteiger charge is -2.07. The largest absolute Gasteiger partial charge is 0.355 e. The van der Waals surface area contributed by atoms with Gasteiger partial charge in [0.1, 0.15) is 11.6 Å². The number of aromatic nitrogens is 2. The third kappa shape index (κ3) is 4.82. The van der Waals surface area contributed by atoms with Crippen LogP contribution in [0.25, 0.3) is 0 Å². The topological polar surface area (TPSA) is 93.1 Å². The summed E-state index contributed by atoms with van der Waals surface area (Å²) in [6, 6.07) is 0. The zero-order valence-corrected chi connectivity index (χ0v) is 12.3. The van der Waals surface area contributed by atoms with Gasteiger partial charge in [-0.3, -0.25) is 14.4 Å². The molecule has 0 aliphatic rings. The minimum atomic E-state index is -0.662. The van der Waals surface area contributed by atoms with Crippen LogP contribution in [0.5, 0.6) is 0 Å². The van der Waals surface area contributed by atoms with Crippen LogP contribution in [0.1, 0.15) is 13.3 Å². The van der Waals surface area contributed by atoms with E-state index in [0.717, 1.165) is 11.1 Å². The van der Waals surface area contributed by atoms with Crippen LogP contribution in [0.15, 0.2) is 11.0 Å². The van der Waals surface area contributed by atoms with E-state index in [-0.39, 0.29) is 29.0 Å². The monoisotopic (exact) mass is 320 g/mol. The lowest BCUT2D eigenvalue weighted by Crippen LogP contribution is -2.40. The molecule has 0 aliphatic heterocycles. The number of rotatable bonds is 6. The SMILES string of the molecule is CCCNC(=O)CNC(=O)Cn1ncc(Cl)c(Cl)c1=O. The molecule has 0 saturated carbocycles. The number of amides is 2. The van der Waals surface area contributed by atoms with Crippen molar-refractivity contribution in [1.82, 2.24) is 20.4 Å². The molecule has 1 aromatic rings. The Kier molecular flexibility index (Phi) is 6.47. The average Bonchev–Trinajstić information content (AvgIpc) is 2.43. The van der Waals surface area contributed by atoms with Gasteiger partial charge >= 0.3 is 0 Å². The third-order valence-electron chi connectivity index (χ3n) is 2.25. The van der Waals surface area contributed by atoms with Crippen LogP contribution in [-0.4, -0.2) is 34.7 Å². The summed E-state index contributed by atoms with van der Waals surface area (Å²) >= 11 is 11.3. The molecular formula is C11H14Cl2N4O3. The number of halogens is 2. The first-order valence-electron chi connectivity index (χ1n) is 5.90. The van der Waals surface area contributed by atoms with Crippen molar-refractivity contribution in [2.75, 3.05) is 13.1 Å². The zero-order valence-electron chi connectivity index (χ0n) is 10.8. The Labute approximate surface area is 125 Å². The first kappa shape index (κ1) is 16.5. The van der Waals surface area contributed by atoms with Crippen LogP contribution in [-0.2, 0) is 16.1 Å². The summed E-state index contributed by atoms with van der Waals surface area (Å²) in [6.45, 7) is 1.97. The van der Waals surface area contributed by atoms with Crippen molar-refractivity contribution in [2.45, 2.75) is 19.9 Å². The Morgan fingerprint density at radius 2 is 2.00 bits per heavy atom. The maximum absolute atomic E-state index is 11.6. The highest BCUT2D eigenvalue weighted by molar-refractivity contribution is 6.41. The molecule has 0 saturated heterocycles. The van der Waals surface area contributed by atoms with Crippen LogP contribution < -0.4 is 16.2 Å². The molecule has 0 unspecified atom stereocenters. The molecule has 1 heterocycles. The number of carbonyl (C=O) groups is 2. The second-order valence-corrected chi connectivity index (χ2v) is 4.68. The summed E-state index contributed by atoms with van der Waals surface area (Å²) in [7, 11) is 0. The van der Waals surface area contributed by atoms with E-state index in [1.54, 1.807) is 0 Å². The minimum absolute atomic E-state index is 0.0206. The first-order chi connectivity index (χ1) is 9.45. The van der Waals surface area contributed by atoms with Crippen molar-refractivity contribution in [1.29, 1.82) is 0 Å². The van der Waals surface area contributed by atoms with Crippen molar-refractivity contribution < 1.29 is 9.59 Å². The van der Waals surface area contributed by atoms with Gasteiger partial charge in [-0.25, -0.2) is 4.68 Å². The van der Waals surface area contributed by atoms with Crippen molar-refractivity contribution in [3.8, 4) is 0 Å². The summed E-state index contributed by atoms with van der Waals surface area (Å²) in [5.41, 5.74) is -0.662. The standard InChI is InChI=1S/C11H14Cl2N4O3/c1-2-3-14-8(18)5-15-9(19)6-17-11(20)10(13)7(12)4-16-17/h4H,2-3,5-6H2,1H3,(H,14,18)(H,15,19). The fraction of sp³-hybridized carbons (Fsp3) is 0.455. The summed E-state index contributed by atoms with van der Waals surface area (Å²) < 4.78 is 0.869. The van der Waals surface area contributed by atoms with Gasteiger partial charge in [-0.05, 0) is 6.42 Å². The summed E-state index contributed by atoms with van der Waals surface area (Å²) in [6.07, 6.45) is 1.98.